The van der Waals surface area contributed by atoms with Crippen molar-refractivity contribution in [3.8, 4) is 0 Å². The highest BCUT2D eigenvalue weighted by Gasteiger charge is 2.07. The molecule has 104 valence electrons. The van der Waals surface area contributed by atoms with Gasteiger partial charge in [0.15, 0.2) is 5.78 Å². The predicted octanol–water partition coefficient (Wildman–Crippen LogP) is 1.91. The van der Waals surface area contributed by atoms with Crippen molar-refractivity contribution in [1.29, 1.82) is 0 Å². The molecule has 0 aliphatic rings. The molecule has 0 fully saturated rings. The van der Waals surface area contributed by atoms with Crippen LogP contribution in [-0.4, -0.2) is 31.1 Å². The lowest BCUT2D eigenvalue weighted by Crippen LogP contribution is -2.32. The molecule has 1 rings (SSSR count). The smallest absolute Gasteiger partial charge is 0.407 e. The van der Waals surface area contributed by atoms with Crippen LogP contribution in [0.1, 0.15) is 19.4 Å². The van der Waals surface area contributed by atoms with Crippen LogP contribution in [0.5, 0.6) is 0 Å². The number of alkyl carbamates (subject to hydrolysis) is 1. The Morgan fingerprint density at radius 3 is 2.53 bits per heavy atom. The van der Waals surface area contributed by atoms with E-state index in [0.29, 0.717) is 0 Å². The van der Waals surface area contributed by atoms with Crippen molar-refractivity contribution >= 4 is 11.9 Å². The molecular formula is C14H19NO4. The third-order valence-electron chi connectivity index (χ3n) is 2.22. The zero-order chi connectivity index (χ0) is 14.1. The highest BCUT2D eigenvalue weighted by Crippen LogP contribution is 2.00. The largest absolute Gasteiger partial charge is 0.445 e. The summed E-state index contributed by atoms with van der Waals surface area (Å²) >= 11 is 0. The molecular weight excluding hydrogens is 246 g/mol. The second-order valence-corrected chi connectivity index (χ2v) is 4.31. The van der Waals surface area contributed by atoms with E-state index in [1.54, 1.807) is 0 Å². The molecule has 0 saturated heterocycles. The van der Waals surface area contributed by atoms with Gasteiger partial charge in [0.1, 0.15) is 13.2 Å². The van der Waals surface area contributed by atoms with Crippen LogP contribution in [0.25, 0.3) is 0 Å². The molecule has 1 N–H and O–H groups in total. The number of hydrogen-bond donors (Lipinski definition) is 1. The molecule has 0 radical (unpaired) electrons. The van der Waals surface area contributed by atoms with Crippen molar-refractivity contribution in [3.05, 3.63) is 35.9 Å². The van der Waals surface area contributed by atoms with Crippen LogP contribution in [0, 0.1) is 0 Å². The number of ether oxygens (including phenoxy) is 2. The summed E-state index contributed by atoms with van der Waals surface area (Å²) in [7, 11) is 0. The van der Waals surface area contributed by atoms with Crippen molar-refractivity contribution in [2.24, 2.45) is 0 Å². The molecule has 0 saturated carbocycles. The predicted molar refractivity (Wildman–Crippen MR) is 70.7 cm³/mol. The van der Waals surface area contributed by atoms with Crippen LogP contribution in [0.15, 0.2) is 30.3 Å². The number of carbonyl (C=O) groups is 2. The second-order valence-electron chi connectivity index (χ2n) is 4.31. The van der Waals surface area contributed by atoms with E-state index in [4.69, 9.17) is 9.47 Å². The highest BCUT2D eigenvalue weighted by molar-refractivity contribution is 5.84. The summed E-state index contributed by atoms with van der Waals surface area (Å²) < 4.78 is 10.1. The van der Waals surface area contributed by atoms with E-state index in [2.05, 4.69) is 5.32 Å². The Morgan fingerprint density at radius 2 is 1.89 bits per heavy atom. The van der Waals surface area contributed by atoms with Crippen molar-refractivity contribution in [3.63, 3.8) is 0 Å². The Morgan fingerprint density at radius 1 is 1.21 bits per heavy atom. The third kappa shape index (κ3) is 7.21. The zero-order valence-corrected chi connectivity index (χ0v) is 11.2. The second kappa shape index (κ2) is 8.26. The number of nitrogens with one attached hydrogen (secondary N) is 1. The molecule has 1 amide bonds. The maximum atomic E-state index is 11.3. The number of hydrogen-bond acceptors (Lipinski definition) is 4. The molecule has 0 atom stereocenters. The zero-order valence-electron chi connectivity index (χ0n) is 11.2. The first kappa shape index (κ1) is 15.2. The average Bonchev–Trinajstić information content (AvgIpc) is 2.41. The SMILES string of the molecule is CC(C)OCC(=O)CNC(=O)OCc1ccccc1. The Bertz CT molecular complexity index is 403. The van der Waals surface area contributed by atoms with Gasteiger partial charge in [0.25, 0.3) is 0 Å². The summed E-state index contributed by atoms with van der Waals surface area (Å²) in [5, 5.41) is 2.39. The number of benzene rings is 1. The normalized spacial score (nSPS) is 10.3. The third-order valence-corrected chi connectivity index (χ3v) is 2.22. The Balaban J connectivity index is 2.16. The van der Waals surface area contributed by atoms with Crippen LogP contribution >= 0.6 is 0 Å². The topological polar surface area (TPSA) is 64.6 Å². The maximum absolute atomic E-state index is 11.3. The summed E-state index contributed by atoms with van der Waals surface area (Å²) in [6, 6.07) is 9.33. The van der Waals surface area contributed by atoms with Gasteiger partial charge >= 0.3 is 6.09 Å². The van der Waals surface area contributed by atoms with Crippen LogP contribution in [0.3, 0.4) is 0 Å². The van der Waals surface area contributed by atoms with E-state index < -0.39 is 6.09 Å². The van der Waals surface area contributed by atoms with E-state index >= 15 is 0 Å². The van der Waals surface area contributed by atoms with E-state index in [0.717, 1.165) is 5.56 Å². The first-order valence-electron chi connectivity index (χ1n) is 6.16. The molecule has 0 aliphatic heterocycles. The van der Waals surface area contributed by atoms with Crippen molar-refractivity contribution in [1.82, 2.24) is 5.32 Å². The first-order valence-corrected chi connectivity index (χ1v) is 6.16. The molecule has 0 unspecified atom stereocenters. The quantitative estimate of drug-likeness (QED) is 0.818. The molecule has 1 aromatic rings. The summed E-state index contributed by atoms with van der Waals surface area (Å²) in [5.74, 6) is -0.189. The van der Waals surface area contributed by atoms with E-state index in [1.807, 2.05) is 44.2 Å². The number of ketones is 1. The molecule has 0 bridgehead atoms. The van der Waals surface area contributed by atoms with Crippen molar-refractivity contribution in [2.45, 2.75) is 26.6 Å². The summed E-state index contributed by atoms with van der Waals surface area (Å²) in [6.45, 7) is 3.78. The fourth-order valence-electron chi connectivity index (χ4n) is 1.26. The minimum atomic E-state index is -0.609. The number of carbonyl (C=O) groups excluding carboxylic acids is 2. The Kier molecular flexibility index (Phi) is 6.60. The van der Waals surface area contributed by atoms with E-state index in [1.165, 1.54) is 0 Å². The number of Topliss-reactive ketones (excluding diaryl/α,β-unsaturated/α-hetero) is 1. The highest BCUT2D eigenvalue weighted by atomic mass is 16.5. The van der Waals surface area contributed by atoms with E-state index in [9.17, 15) is 9.59 Å². The molecule has 1 aromatic carbocycles. The maximum Gasteiger partial charge on any atom is 0.407 e. The Labute approximate surface area is 112 Å². The number of amides is 1. The fourth-order valence-corrected chi connectivity index (χ4v) is 1.26. The summed E-state index contributed by atoms with van der Waals surface area (Å²) in [4.78, 5) is 22.7. The first-order chi connectivity index (χ1) is 9.08. The molecule has 5 heteroatoms. The van der Waals surface area contributed by atoms with Gasteiger partial charge in [-0.15, -0.1) is 0 Å². The molecule has 0 aliphatic carbocycles. The van der Waals surface area contributed by atoms with Gasteiger partial charge in [-0.25, -0.2) is 4.79 Å². The number of rotatable bonds is 7. The molecule has 19 heavy (non-hydrogen) atoms. The average molecular weight is 265 g/mol. The standard InChI is InChI=1S/C14H19NO4/c1-11(2)18-10-13(16)8-15-14(17)19-9-12-6-4-3-5-7-12/h3-7,11H,8-10H2,1-2H3,(H,15,17). The monoisotopic (exact) mass is 265 g/mol. The van der Waals surface area contributed by atoms with Crippen molar-refractivity contribution < 1.29 is 19.1 Å². The molecule has 5 nitrogen and oxygen atoms in total. The lowest BCUT2D eigenvalue weighted by Gasteiger charge is -2.08. The van der Waals surface area contributed by atoms with E-state index in [-0.39, 0.29) is 31.6 Å². The minimum absolute atomic E-state index is 0.00334. The van der Waals surface area contributed by atoms with Gasteiger partial charge < -0.3 is 14.8 Å². The molecule has 0 spiro atoms. The van der Waals surface area contributed by atoms with Gasteiger partial charge in [-0.3, -0.25) is 4.79 Å². The fraction of sp³-hybridized carbons (Fsp3) is 0.429. The van der Waals surface area contributed by atoms with Gasteiger partial charge in [-0.2, -0.15) is 0 Å². The van der Waals surface area contributed by atoms with Gasteiger partial charge in [-0.05, 0) is 19.4 Å². The Hall–Kier alpha value is -1.88. The van der Waals surface area contributed by atoms with Crippen LogP contribution in [-0.2, 0) is 20.9 Å². The molecule has 0 heterocycles. The van der Waals surface area contributed by atoms with Crippen molar-refractivity contribution in [2.75, 3.05) is 13.2 Å². The summed E-state index contributed by atoms with van der Waals surface area (Å²) in [6.07, 6.45) is -0.615. The van der Waals surface area contributed by atoms with Crippen LogP contribution in [0.2, 0.25) is 0 Å². The van der Waals surface area contributed by atoms with Gasteiger partial charge in [-0.1, -0.05) is 30.3 Å². The lowest BCUT2D eigenvalue weighted by molar-refractivity contribution is -0.124. The minimum Gasteiger partial charge on any atom is -0.445 e. The lowest BCUT2D eigenvalue weighted by atomic mass is 10.2. The molecule has 0 aromatic heterocycles. The van der Waals surface area contributed by atoms with Crippen LogP contribution < -0.4 is 5.32 Å². The van der Waals surface area contributed by atoms with Gasteiger partial charge in [0.2, 0.25) is 0 Å². The summed E-state index contributed by atoms with van der Waals surface area (Å²) in [5.41, 5.74) is 0.895. The van der Waals surface area contributed by atoms with Gasteiger partial charge in [0, 0.05) is 0 Å². The van der Waals surface area contributed by atoms with Crippen LogP contribution in [0.4, 0.5) is 4.79 Å². The van der Waals surface area contributed by atoms with Gasteiger partial charge in [0.05, 0.1) is 12.6 Å².